The van der Waals surface area contributed by atoms with E-state index in [1.165, 1.54) is 25.2 Å². The molecule has 0 amide bonds. The van der Waals surface area contributed by atoms with E-state index < -0.39 is 20.6 Å². The van der Waals surface area contributed by atoms with Crippen LogP contribution in [0.15, 0.2) is 23.1 Å². The van der Waals surface area contributed by atoms with Crippen LogP contribution in [-0.2, 0) is 10.0 Å². The molecule has 1 saturated carbocycles. The van der Waals surface area contributed by atoms with Crippen molar-refractivity contribution in [2.45, 2.75) is 23.8 Å². The summed E-state index contributed by atoms with van der Waals surface area (Å²) in [5.41, 5.74) is -0.329. The highest BCUT2D eigenvalue weighted by molar-refractivity contribution is 7.89. The summed E-state index contributed by atoms with van der Waals surface area (Å²) in [7, 11) is -2.53. The molecule has 9 heteroatoms. The average Bonchev–Trinajstić information content (AvgIpc) is 3.27. The fraction of sp³-hybridized carbons (Fsp3) is 0.500. The SMILES string of the molecule is CNc1cccc(S(=O)(=O)N(CCO)C2CC2)c1[N+](=O)[O-]. The molecule has 0 radical (unpaired) electrons. The van der Waals surface area contributed by atoms with Crippen LogP contribution in [0.3, 0.4) is 0 Å². The number of sulfonamides is 1. The summed E-state index contributed by atoms with van der Waals surface area (Å²) in [5.74, 6) is 0. The number of nitro benzene ring substituents is 1. The smallest absolute Gasteiger partial charge is 0.312 e. The van der Waals surface area contributed by atoms with Gasteiger partial charge in [0.15, 0.2) is 4.90 Å². The monoisotopic (exact) mass is 315 g/mol. The van der Waals surface area contributed by atoms with Crippen molar-refractivity contribution >= 4 is 21.4 Å². The normalized spacial score (nSPS) is 15.2. The zero-order chi connectivity index (χ0) is 15.6. The van der Waals surface area contributed by atoms with Crippen LogP contribution in [0.1, 0.15) is 12.8 Å². The maximum Gasteiger partial charge on any atom is 0.312 e. The molecule has 1 aliphatic rings. The molecule has 1 aliphatic carbocycles. The Labute approximate surface area is 122 Å². The van der Waals surface area contributed by atoms with Crippen molar-refractivity contribution in [3.05, 3.63) is 28.3 Å². The molecule has 0 atom stereocenters. The molecule has 8 nitrogen and oxygen atoms in total. The highest BCUT2D eigenvalue weighted by Crippen LogP contribution is 2.37. The first-order valence-corrected chi connectivity index (χ1v) is 7.95. The molecule has 1 aromatic carbocycles. The Balaban J connectivity index is 2.56. The fourth-order valence-corrected chi connectivity index (χ4v) is 4.06. The Kier molecular flexibility index (Phi) is 4.45. The number of para-hydroxylation sites is 1. The lowest BCUT2D eigenvalue weighted by Crippen LogP contribution is -2.35. The van der Waals surface area contributed by atoms with Crippen LogP contribution in [0, 0.1) is 10.1 Å². The molecular formula is C12H17N3O5S. The lowest BCUT2D eigenvalue weighted by atomic mass is 10.3. The van der Waals surface area contributed by atoms with Gasteiger partial charge in [0.2, 0.25) is 10.0 Å². The lowest BCUT2D eigenvalue weighted by Gasteiger charge is -2.21. The molecule has 0 unspecified atom stereocenters. The number of benzene rings is 1. The number of aliphatic hydroxyl groups is 1. The topological polar surface area (TPSA) is 113 Å². The van der Waals surface area contributed by atoms with Crippen molar-refractivity contribution in [1.82, 2.24) is 4.31 Å². The third kappa shape index (κ3) is 2.99. The van der Waals surface area contributed by atoms with E-state index >= 15 is 0 Å². The predicted octanol–water partition coefficient (Wildman–Crippen LogP) is 0.782. The third-order valence-corrected chi connectivity index (χ3v) is 5.30. The Hall–Kier alpha value is -1.71. The van der Waals surface area contributed by atoms with E-state index in [1.807, 2.05) is 0 Å². The van der Waals surface area contributed by atoms with Crippen LogP contribution in [0.5, 0.6) is 0 Å². The van der Waals surface area contributed by atoms with E-state index in [0.717, 1.165) is 4.31 Å². The number of hydrogen-bond acceptors (Lipinski definition) is 6. The quantitative estimate of drug-likeness (QED) is 0.568. The van der Waals surface area contributed by atoms with Gasteiger partial charge in [0, 0.05) is 19.6 Å². The maximum absolute atomic E-state index is 12.7. The van der Waals surface area contributed by atoms with Crippen molar-refractivity contribution in [1.29, 1.82) is 0 Å². The molecule has 1 fully saturated rings. The van der Waals surface area contributed by atoms with Gasteiger partial charge in [0.05, 0.1) is 11.5 Å². The van der Waals surface area contributed by atoms with Crippen LogP contribution in [0.4, 0.5) is 11.4 Å². The molecule has 0 spiro atoms. The number of anilines is 1. The number of aliphatic hydroxyl groups excluding tert-OH is 1. The second kappa shape index (κ2) is 5.96. The van der Waals surface area contributed by atoms with Crippen LogP contribution < -0.4 is 5.32 Å². The fourth-order valence-electron chi connectivity index (χ4n) is 2.21. The molecule has 0 aliphatic heterocycles. The second-order valence-corrected chi connectivity index (χ2v) is 6.59. The first kappa shape index (κ1) is 15.7. The molecule has 0 bridgehead atoms. The minimum atomic E-state index is -4.02. The molecule has 0 aromatic heterocycles. The molecule has 0 heterocycles. The summed E-state index contributed by atoms with van der Waals surface area (Å²) in [6, 6.07) is 3.95. The van der Waals surface area contributed by atoms with Crippen molar-refractivity contribution in [2.24, 2.45) is 0 Å². The summed E-state index contributed by atoms with van der Waals surface area (Å²) in [4.78, 5) is 10.2. The Morgan fingerprint density at radius 2 is 2.14 bits per heavy atom. The predicted molar refractivity (Wildman–Crippen MR) is 76.6 cm³/mol. The van der Waals surface area contributed by atoms with Crippen molar-refractivity contribution in [3.63, 3.8) is 0 Å². The highest BCUT2D eigenvalue weighted by atomic mass is 32.2. The van der Waals surface area contributed by atoms with Gasteiger partial charge >= 0.3 is 5.69 Å². The molecule has 2 rings (SSSR count). The third-order valence-electron chi connectivity index (χ3n) is 3.31. The van der Waals surface area contributed by atoms with E-state index in [1.54, 1.807) is 0 Å². The van der Waals surface area contributed by atoms with Crippen LogP contribution in [-0.4, -0.2) is 49.0 Å². The number of nitrogens with zero attached hydrogens (tertiary/aromatic N) is 2. The van der Waals surface area contributed by atoms with Crippen LogP contribution in [0.2, 0.25) is 0 Å². The highest BCUT2D eigenvalue weighted by Gasteiger charge is 2.41. The van der Waals surface area contributed by atoms with Gasteiger partial charge in [0.1, 0.15) is 5.69 Å². The van der Waals surface area contributed by atoms with E-state index in [2.05, 4.69) is 5.32 Å². The molecule has 21 heavy (non-hydrogen) atoms. The van der Waals surface area contributed by atoms with Gasteiger partial charge in [-0.1, -0.05) is 6.07 Å². The summed E-state index contributed by atoms with van der Waals surface area (Å²) < 4.78 is 26.5. The van der Waals surface area contributed by atoms with Gasteiger partial charge in [-0.3, -0.25) is 10.1 Å². The number of nitrogens with one attached hydrogen (secondary N) is 1. The Morgan fingerprint density at radius 3 is 2.62 bits per heavy atom. The minimum Gasteiger partial charge on any atom is -0.395 e. The summed E-state index contributed by atoms with van der Waals surface area (Å²) in [6.07, 6.45) is 1.41. The second-order valence-electron chi connectivity index (χ2n) is 4.73. The molecule has 1 aromatic rings. The van der Waals surface area contributed by atoms with Gasteiger partial charge in [-0.2, -0.15) is 4.31 Å². The van der Waals surface area contributed by atoms with Gasteiger partial charge in [-0.25, -0.2) is 8.42 Å². The minimum absolute atomic E-state index is 0.0616. The summed E-state index contributed by atoms with van der Waals surface area (Å²) in [5, 5.41) is 22.9. The summed E-state index contributed by atoms with van der Waals surface area (Å²) in [6.45, 7) is -0.386. The molecule has 2 N–H and O–H groups in total. The van der Waals surface area contributed by atoms with Crippen LogP contribution >= 0.6 is 0 Å². The van der Waals surface area contributed by atoms with Gasteiger partial charge < -0.3 is 10.4 Å². The number of nitro groups is 1. The zero-order valence-electron chi connectivity index (χ0n) is 11.5. The van der Waals surface area contributed by atoms with E-state index in [0.29, 0.717) is 12.8 Å². The first-order chi connectivity index (χ1) is 9.93. The van der Waals surface area contributed by atoms with Crippen molar-refractivity contribution in [2.75, 3.05) is 25.5 Å². The van der Waals surface area contributed by atoms with E-state index in [-0.39, 0.29) is 29.8 Å². The standard InChI is InChI=1S/C12H17N3O5S/c1-13-10-3-2-4-11(12(10)15(17)18)21(19,20)14(7-8-16)9-5-6-9/h2-4,9,13,16H,5-8H2,1H3. The Morgan fingerprint density at radius 1 is 1.48 bits per heavy atom. The average molecular weight is 315 g/mol. The van der Waals surface area contributed by atoms with Crippen molar-refractivity contribution in [3.8, 4) is 0 Å². The molecule has 0 saturated heterocycles. The van der Waals surface area contributed by atoms with Crippen LogP contribution in [0.25, 0.3) is 0 Å². The zero-order valence-corrected chi connectivity index (χ0v) is 12.3. The lowest BCUT2D eigenvalue weighted by molar-refractivity contribution is -0.386. The van der Waals surface area contributed by atoms with E-state index in [4.69, 9.17) is 5.11 Å². The van der Waals surface area contributed by atoms with Gasteiger partial charge in [-0.05, 0) is 25.0 Å². The van der Waals surface area contributed by atoms with E-state index in [9.17, 15) is 18.5 Å². The number of hydrogen-bond donors (Lipinski definition) is 2. The largest absolute Gasteiger partial charge is 0.395 e. The van der Waals surface area contributed by atoms with Gasteiger partial charge in [0.25, 0.3) is 0 Å². The number of rotatable bonds is 7. The van der Waals surface area contributed by atoms with Gasteiger partial charge in [-0.15, -0.1) is 0 Å². The summed E-state index contributed by atoms with van der Waals surface area (Å²) >= 11 is 0. The molecular weight excluding hydrogens is 298 g/mol. The Bertz CT molecular complexity index is 642. The maximum atomic E-state index is 12.7. The molecule has 116 valence electrons. The first-order valence-electron chi connectivity index (χ1n) is 6.51. The van der Waals surface area contributed by atoms with Crippen molar-refractivity contribution < 1.29 is 18.4 Å².